The maximum absolute atomic E-state index is 11.7. The van der Waals surface area contributed by atoms with Crippen LogP contribution in [0.15, 0.2) is 24.3 Å². The minimum absolute atomic E-state index is 0.00391. The van der Waals surface area contributed by atoms with Crippen LogP contribution in [0.1, 0.15) is 0 Å². The van der Waals surface area contributed by atoms with Crippen molar-refractivity contribution in [3.63, 3.8) is 0 Å². The number of carbonyl (C=O) groups excluding carboxylic acids is 1. The third kappa shape index (κ3) is 2.95. The second-order valence-electron chi connectivity index (χ2n) is 3.82. The molecule has 0 saturated carbocycles. The minimum Gasteiger partial charge on any atom is -0.479 e. The predicted octanol–water partition coefficient (Wildman–Crippen LogP) is 0.747. The van der Waals surface area contributed by atoms with Crippen LogP contribution in [0, 0.1) is 17.2 Å². The van der Waals surface area contributed by atoms with Gasteiger partial charge in [0.25, 0.3) is 0 Å². The van der Waals surface area contributed by atoms with Gasteiger partial charge >= 0.3 is 0 Å². The molecule has 1 fully saturated rings. The van der Waals surface area contributed by atoms with Crippen molar-refractivity contribution in [2.75, 3.05) is 25.0 Å². The van der Waals surface area contributed by atoms with E-state index >= 15 is 0 Å². The summed E-state index contributed by atoms with van der Waals surface area (Å²) in [6, 6.07) is 8.93. The van der Waals surface area contributed by atoms with Crippen LogP contribution < -0.4 is 15.4 Å². The first kappa shape index (κ1) is 11.4. The van der Waals surface area contributed by atoms with Gasteiger partial charge in [0.05, 0.1) is 5.92 Å². The summed E-state index contributed by atoms with van der Waals surface area (Å²) >= 11 is 0. The topological polar surface area (TPSA) is 74.1 Å². The number of anilines is 1. The quantitative estimate of drug-likeness (QED) is 0.801. The first-order valence-electron chi connectivity index (χ1n) is 5.41. The van der Waals surface area contributed by atoms with Gasteiger partial charge in [0.1, 0.15) is 11.8 Å². The van der Waals surface area contributed by atoms with E-state index in [0.29, 0.717) is 11.4 Å². The second kappa shape index (κ2) is 5.32. The average molecular weight is 231 g/mol. The van der Waals surface area contributed by atoms with Crippen molar-refractivity contribution >= 4 is 11.6 Å². The van der Waals surface area contributed by atoms with Crippen LogP contribution in [0.25, 0.3) is 0 Å². The average Bonchev–Trinajstić information content (AvgIpc) is 2.24. The fourth-order valence-corrected chi connectivity index (χ4v) is 1.50. The Kier molecular flexibility index (Phi) is 3.58. The smallest absolute Gasteiger partial charge is 0.230 e. The molecule has 17 heavy (non-hydrogen) atoms. The molecule has 0 bridgehead atoms. The standard InChI is InChI=1S/C12H13N3O2/c13-4-5-17-11-3-1-2-10(6-11)15-12(16)9-7-14-8-9/h1-3,6,9,14H,5,7-8H2,(H,15,16). The van der Waals surface area contributed by atoms with Gasteiger partial charge in [0.15, 0.2) is 6.61 Å². The summed E-state index contributed by atoms with van der Waals surface area (Å²) in [6.07, 6.45) is 0. The summed E-state index contributed by atoms with van der Waals surface area (Å²) in [5.74, 6) is 0.649. The fourth-order valence-electron chi connectivity index (χ4n) is 1.50. The van der Waals surface area contributed by atoms with Gasteiger partial charge in [-0.05, 0) is 12.1 Å². The van der Waals surface area contributed by atoms with E-state index in [1.165, 1.54) is 0 Å². The van der Waals surface area contributed by atoms with E-state index in [-0.39, 0.29) is 18.4 Å². The van der Waals surface area contributed by atoms with Crippen molar-refractivity contribution in [2.24, 2.45) is 5.92 Å². The third-order valence-corrected chi connectivity index (χ3v) is 2.56. The molecule has 1 aliphatic heterocycles. The monoisotopic (exact) mass is 231 g/mol. The molecule has 1 saturated heterocycles. The van der Waals surface area contributed by atoms with Gasteiger partial charge in [-0.2, -0.15) is 5.26 Å². The van der Waals surface area contributed by atoms with Crippen LogP contribution in [0.4, 0.5) is 5.69 Å². The normalized spacial score (nSPS) is 14.5. The highest BCUT2D eigenvalue weighted by Gasteiger charge is 2.24. The molecule has 0 aliphatic carbocycles. The van der Waals surface area contributed by atoms with Gasteiger partial charge in [0.2, 0.25) is 5.91 Å². The Bertz CT molecular complexity index is 449. The molecule has 5 nitrogen and oxygen atoms in total. The molecule has 5 heteroatoms. The Morgan fingerprint density at radius 2 is 2.41 bits per heavy atom. The maximum atomic E-state index is 11.7. The number of carbonyl (C=O) groups is 1. The van der Waals surface area contributed by atoms with Gasteiger partial charge in [-0.15, -0.1) is 0 Å². The molecule has 0 spiro atoms. The largest absolute Gasteiger partial charge is 0.479 e. The Labute approximate surface area is 99.4 Å². The van der Waals surface area contributed by atoms with Crippen LogP contribution in [0.5, 0.6) is 5.75 Å². The zero-order valence-corrected chi connectivity index (χ0v) is 9.27. The molecule has 1 heterocycles. The van der Waals surface area contributed by atoms with Crippen LogP contribution in [0.2, 0.25) is 0 Å². The molecule has 2 rings (SSSR count). The van der Waals surface area contributed by atoms with Crippen molar-refractivity contribution in [3.8, 4) is 11.8 Å². The Hall–Kier alpha value is -2.06. The van der Waals surface area contributed by atoms with Crippen LogP contribution in [-0.4, -0.2) is 25.6 Å². The van der Waals surface area contributed by atoms with Crippen LogP contribution in [-0.2, 0) is 4.79 Å². The van der Waals surface area contributed by atoms with Gasteiger partial charge < -0.3 is 15.4 Å². The fraction of sp³-hybridized carbons (Fsp3) is 0.333. The van der Waals surface area contributed by atoms with E-state index in [9.17, 15) is 4.79 Å². The van der Waals surface area contributed by atoms with Crippen LogP contribution >= 0.6 is 0 Å². The Morgan fingerprint density at radius 3 is 3.06 bits per heavy atom. The number of hydrogen-bond acceptors (Lipinski definition) is 4. The highest BCUT2D eigenvalue weighted by molar-refractivity contribution is 5.93. The first-order valence-corrected chi connectivity index (χ1v) is 5.41. The van der Waals surface area contributed by atoms with Crippen LogP contribution in [0.3, 0.4) is 0 Å². The molecular formula is C12H13N3O2. The molecule has 88 valence electrons. The van der Waals surface area contributed by atoms with E-state index in [4.69, 9.17) is 10.00 Å². The number of nitrogens with one attached hydrogen (secondary N) is 2. The van der Waals surface area contributed by atoms with Crippen molar-refractivity contribution in [3.05, 3.63) is 24.3 Å². The van der Waals surface area contributed by atoms with E-state index in [1.54, 1.807) is 24.3 Å². The molecule has 0 aromatic heterocycles. The van der Waals surface area contributed by atoms with Gasteiger partial charge in [-0.25, -0.2) is 0 Å². The lowest BCUT2D eigenvalue weighted by molar-refractivity contribution is -0.121. The lowest BCUT2D eigenvalue weighted by Crippen LogP contribution is -2.48. The zero-order chi connectivity index (χ0) is 12.1. The number of ether oxygens (including phenoxy) is 1. The summed E-state index contributed by atoms with van der Waals surface area (Å²) < 4.78 is 5.15. The summed E-state index contributed by atoms with van der Waals surface area (Å²) in [5, 5.41) is 14.3. The summed E-state index contributed by atoms with van der Waals surface area (Å²) in [5.41, 5.74) is 0.692. The third-order valence-electron chi connectivity index (χ3n) is 2.56. The highest BCUT2D eigenvalue weighted by Crippen LogP contribution is 2.18. The molecular weight excluding hydrogens is 218 g/mol. The van der Waals surface area contributed by atoms with Gasteiger partial charge in [0, 0.05) is 24.8 Å². The van der Waals surface area contributed by atoms with E-state index < -0.39 is 0 Å². The summed E-state index contributed by atoms with van der Waals surface area (Å²) in [7, 11) is 0. The molecule has 1 aliphatic rings. The SMILES string of the molecule is N#CCOc1cccc(NC(=O)C2CNC2)c1. The van der Waals surface area contributed by atoms with Crippen molar-refractivity contribution < 1.29 is 9.53 Å². The summed E-state index contributed by atoms with van der Waals surface area (Å²) in [6.45, 7) is 1.47. The van der Waals surface area contributed by atoms with E-state index in [1.807, 2.05) is 6.07 Å². The number of rotatable bonds is 4. The lowest BCUT2D eigenvalue weighted by Gasteiger charge is -2.25. The number of hydrogen-bond donors (Lipinski definition) is 2. The molecule has 0 radical (unpaired) electrons. The van der Waals surface area contributed by atoms with Gasteiger partial charge in [-0.3, -0.25) is 4.79 Å². The Morgan fingerprint density at radius 1 is 1.59 bits per heavy atom. The molecule has 0 atom stereocenters. The second-order valence-corrected chi connectivity index (χ2v) is 3.82. The molecule has 0 unspecified atom stereocenters. The predicted molar refractivity (Wildman–Crippen MR) is 62.5 cm³/mol. The van der Waals surface area contributed by atoms with E-state index in [2.05, 4.69) is 10.6 Å². The molecule has 1 amide bonds. The summed E-state index contributed by atoms with van der Waals surface area (Å²) in [4.78, 5) is 11.7. The zero-order valence-electron chi connectivity index (χ0n) is 9.27. The number of benzene rings is 1. The highest BCUT2D eigenvalue weighted by atomic mass is 16.5. The van der Waals surface area contributed by atoms with Gasteiger partial charge in [-0.1, -0.05) is 6.07 Å². The maximum Gasteiger partial charge on any atom is 0.230 e. The van der Waals surface area contributed by atoms with Crippen molar-refractivity contribution in [2.45, 2.75) is 0 Å². The van der Waals surface area contributed by atoms with Crippen molar-refractivity contribution in [1.82, 2.24) is 5.32 Å². The number of amides is 1. The molecule has 1 aromatic rings. The van der Waals surface area contributed by atoms with E-state index in [0.717, 1.165) is 13.1 Å². The number of nitrogens with zero attached hydrogens (tertiary/aromatic N) is 1. The van der Waals surface area contributed by atoms with Crippen molar-refractivity contribution in [1.29, 1.82) is 5.26 Å². The minimum atomic E-state index is 0.00391. The molecule has 2 N–H and O–H groups in total. The molecule has 1 aromatic carbocycles. The Balaban J connectivity index is 1.95. The number of nitriles is 1. The lowest BCUT2D eigenvalue weighted by atomic mass is 10.0. The first-order chi connectivity index (χ1) is 8.29.